The molecule has 100 valence electrons. The zero-order valence-electron chi connectivity index (χ0n) is 11.3. The highest BCUT2D eigenvalue weighted by Gasteiger charge is 2.08. The Morgan fingerprint density at radius 1 is 0.895 bits per heavy atom. The highest BCUT2D eigenvalue weighted by Crippen LogP contribution is 2.22. The third kappa shape index (κ3) is 3.11. The van der Waals surface area contributed by atoms with Gasteiger partial charge in [0.05, 0.1) is 0 Å². The minimum absolute atomic E-state index is 0.0417. The summed E-state index contributed by atoms with van der Waals surface area (Å²) >= 11 is 0. The van der Waals surface area contributed by atoms with Crippen LogP contribution in [0.15, 0.2) is 36.4 Å². The molecule has 0 aromatic heterocycles. The van der Waals surface area contributed by atoms with Gasteiger partial charge in [-0.1, -0.05) is 12.1 Å². The molecule has 2 aromatic carbocycles. The van der Waals surface area contributed by atoms with Crippen molar-refractivity contribution >= 4 is 5.69 Å². The van der Waals surface area contributed by atoms with Gasteiger partial charge in [-0.25, -0.2) is 8.78 Å². The number of benzene rings is 2. The minimum atomic E-state index is -0.223. The van der Waals surface area contributed by atoms with Gasteiger partial charge in [0.15, 0.2) is 0 Å². The lowest BCUT2D eigenvalue weighted by atomic mass is 10.1. The van der Waals surface area contributed by atoms with Crippen LogP contribution in [0.2, 0.25) is 0 Å². The van der Waals surface area contributed by atoms with E-state index >= 15 is 0 Å². The molecule has 0 aliphatic carbocycles. The first-order valence-electron chi connectivity index (χ1n) is 6.26. The zero-order chi connectivity index (χ0) is 14.0. The van der Waals surface area contributed by atoms with Crippen molar-refractivity contribution in [3.63, 3.8) is 0 Å². The van der Waals surface area contributed by atoms with E-state index in [9.17, 15) is 8.78 Å². The van der Waals surface area contributed by atoms with Gasteiger partial charge in [0.2, 0.25) is 0 Å². The van der Waals surface area contributed by atoms with Crippen LogP contribution in [0, 0.1) is 25.5 Å². The second-order valence-electron chi connectivity index (χ2n) is 4.84. The third-order valence-corrected chi connectivity index (χ3v) is 3.24. The minimum Gasteiger partial charge on any atom is -0.379 e. The smallest absolute Gasteiger partial charge is 0.126 e. The number of nitrogens with one attached hydrogen (secondary N) is 1. The van der Waals surface area contributed by atoms with E-state index in [1.807, 2.05) is 13.0 Å². The summed E-state index contributed by atoms with van der Waals surface area (Å²) in [7, 11) is 0. The third-order valence-electron chi connectivity index (χ3n) is 3.24. The van der Waals surface area contributed by atoms with Gasteiger partial charge in [-0.2, -0.15) is 0 Å². The maximum Gasteiger partial charge on any atom is 0.126 e. The van der Waals surface area contributed by atoms with Crippen LogP contribution in [0.3, 0.4) is 0 Å². The van der Waals surface area contributed by atoms with Crippen molar-refractivity contribution in [3.05, 3.63) is 64.7 Å². The van der Waals surface area contributed by atoms with Crippen LogP contribution in [-0.2, 0) is 0 Å². The fraction of sp³-hybridized carbons (Fsp3) is 0.250. The largest absolute Gasteiger partial charge is 0.379 e. The van der Waals surface area contributed by atoms with Gasteiger partial charge in [0.1, 0.15) is 11.6 Å². The fourth-order valence-electron chi connectivity index (χ4n) is 1.95. The van der Waals surface area contributed by atoms with Gasteiger partial charge in [-0.15, -0.1) is 0 Å². The number of anilines is 1. The average Bonchev–Trinajstić information content (AvgIpc) is 2.37. The van der Waals surface area contributed by atoms with E-state index in [2.05, 4.69) is 5.32 Å². The van der Waals surface area contributed by atoms with Crippen LogP contribution < -0.4 is 5.32 Å². The molecule has 19 heavy (non-hydrogen) atoms. The molecule has 0 saturated carbocycles. The van der Waals surface area contributed by atoms with Crippen LogP contribution >= 0.6 is 0 Å². The Kier molecular flexibility index (Phi) is 3.84. The Morgan fingerprint density at radius 2 is 1.63 bits per heavy atom. The predicted octanol–water partition coefficient (Wildman–Crippen LogP) is 4.75. The number of hydrogen-bond donors (Lipinski definition) is 1. The van der Waals surface area contributed by atoms with Crippen LogP contribution in [0.25, 0.3) is 0 Å². The fourth-order valence-corrected chi connectivity index (χ4v) is 1.95. The standard InChI is InChI=1S/C16H17F2N/c1-10-4-5-13(9-16(10)18)12(3)19-14-6-7-15(17)11(2)8-14/h4-9,12,19H,1-3H3. The van der Waals surface area contributed by atoms with E-state index in [0.29, 0.717) is 11.1 Å². The SMILES string of the molecule is Cc1cc(NC(C)c2ccc(C)c(F)c2)ccc1F. The average molecular weight is 261 g/mol. The molecule has 0 bridgehead atoms. The highest BCUT2D eigenvalue weighted by molar-refractivity contribution is 5.48. The van der Waals surface area contributed by atoms with Crippen molar-refractivity contribution in [2.24, 2.45) is 0 Å². The monoisotopic (exact) mass is 261 g/mol. The van der Waals surface area contributed by atoms with Gasteiger partial charge in [-0.3, -0.25) is 0 Å². The molecule has 0 heterocycles. The molecule has 1 nitrogen and oxygen atoms in total. The number of halogens is 2. The molecule has 2 aromatic rings. The summed E-state index contributed by atoms with van der Waals surface area (Å²) in [6.45, 7) is 5.40. The Morgan fingerprint density at radius 3 is 2.26 bits per heavy atom. The molecule has 0 amide bonds. The van der Waals surface area contributed by atoms with Gasteiger partial charge in [0, 0.05) is 11.7 Å². The number of rotatable bonds is 3. The van der Waals surface area contributed by atoms with Gasteiger partial charge in [0.25, 0.3) is 0 Å². The first-order chi connectivity index (χ1) is 8.97. The lowest BCUT2D eigenvalue weighted by molar-refractivity contribution is 0.614. The molecule has 0 radical (unpaired) electrons. The van der Waals surface area contributed by atoms with E-state index in [1.165, 1.54) is 12.1 Å². The van der Waals surface area contributed by atoms with Crippen molar-refractivity contribution in [1.82, 2.24) is 0 Å². The molecule has 0 aliphatic heterocycles. The Hall–Kier alpha value is -1.90. The molecule has 0 saturated heterocycles. The van der Waals surface area contributed by atoms with Crippen molar-refractivity contribution in [3.8, 4) is 0 Å². The number of hydrogen-bond acceptors (Lipinski definition) is 1. The Balaban J connectivity index is 2.17. The summed E-state index contributed by atoms with van der Waals surface area (Å²) in [4.78, 5) is 0. The van der Waals surface area contributed by atoms with Crippen molar-refractivity contribution in [2.45, 2.75) is 26.8 Å². The molecule has 0 fully saturated rings. The predicted molar refractivity (Wildman–Crippen MR) is 74.3 cm³/mol. The maximum atomic E-state index is 13.5. The molecule has 1 atom stereocenters. The van der Waals surface area contributed by atoms with Crippen LogP contribution in [0.5, 0.6) is 0 Å². The topological polar surface area (TPSA) is 12.0 Å². The summed E-state index contributed by atoms with van der Waals surface area (Å²) in [5, 5.41) is 3.24. The molecule has 2 rings (SSSR count). The summed E-state index contributed by atoms with van der Waals surface area (Å²) in [5.41, 5.74) is 2.92. The molecule has 1 unspecified atom stereocenters. The number of aryl methyl sites for hydroxylation is 2. The lowest BCUT2D eigenvalue weighted by Crippen LogP contribution is -2.07. The van der Waals surface area contributed by atoms with Gasteiger partial charge >= 0.3 is 0 Å². The second kappa shape index (κ2) is 5.39. The molecular formula is C16H17F2N. The van der Waals surface area contributed by atoms with E-state index in [-0.39, 0.29) is 17.7 Å². The Bertz CT molecular complexity index is 593. The molecule has 0 aliphatic rings. The molecule has 0 spiro atoms. The van der Waals surface area contributed by atoms with Crippen molar-refractivity contribution in [1.29, 1.82) is 0 Å². The normalized spacial score (nSPS) is 12.3. The van der Waals surface area contributed by atoms with Crippen molar-refractivity contribution in [2.75, 3.05) is 5.32 Å². The second-order valence-corrected chi connectivity index (χ2v) is 4.84. The molecule has 1 N–H and O–H groups in total. The first-order valence-corrected chi connectivity index (χ1v) is 6.26. The summed E-state index contributed by atoms with van der Waals surface area (Å²) in [5.74, 6) is -0.430. The van der Waals surface area contributed by atoms with Crippen molar-refractivity contribution < 1.29 is 8.78 Å². The van der Waals surface area contributed by atoms with Gasteiger partial charge in [-0.05, 0) is 61.7 Å². The summed E-state index contributed by atoms with van der Waals surface area (Å²) in [6, 6.07) is 10.0. The lowest BCUT2D eigenvalue weighted by Gasteiger charge is -2.16. The van der Waals surface area contributed by atoms with E-state index < -0.39 is 0 Å². The van der Waals surface area contributed by atoms with Crippen LogP contribution in [0.1, 0.15) is 29.7 Å². The quantitative estimate of drug-likeness (QED) is 0.840. The summed E-state index contributed by atoms with van der Waals surface area (Å²) < 4.78 is 26.7. The highest BCUT2D eigenvalue weighted by atomic mass is 19.1. The van der Waals surface area contributed by atoms with Gasteiger partial charge < -0.3 is 5.32 Å². The summed E-state index contributed by atoms with van der Waals surface area (Å²) in [6.07, 6.45) is 0. The van der Waals surface area contributed by atoms with E-state index in [4.69, 9.17) is 0 Å². The Labute approximate surface area is 112 Å². The zero-order valence-corrected chi connectivity index (χ0v) is 11.3. The molecule has 3 heteroatoms. The first kappa shape index (κ1) is 13.5. The van der Waals surface area contributed by atoms with E-state index in [1.54, 1.807) is 32.0 Å². The molecular weight excluding hydrogens is 244 g/mol. The maximum absolute atomic E-state index is 13.5. The van der Waals surface area contributed by atoms with Crippen LogP contribution in [0.4, 0.5) is 14.5 Å². The van der Waals surface area contributed by atoms with E-state index in [0.717, 1.165) is 11.3 Å². The van der Waals surface area contributed by atoms with Crippen LogP contribution in [-0.4, -0.2) is 0 Å².